The maximum atomic E-state index is 10.8. The van der Waals surface area contributed by atoms with Gasteiger partial charge in [-0.2, -0.15) is 0 Å². The van der Waals surface area contributed by atoms with E-state index < -0.39 is 0 Å². The molecular weight excluding hydrogens is 208 g/mol. The Morgan fingerprint density at radius 1 is 1.19 bits per heavy atom. The zero-order chi connectivity index (χ0) is 12.2. The molecule has 0 amide bonds. The van der Waals surface area contributed by atoms with E-state index in [1.807, 2.05) is 0 Å². The largest absolute Gasteiger partial charge is 0.466 e. The molecule has 0 rings (SSSR count). The summed E-state index contributed by atoms with van der Waals surface area (Å²) >= 11 is 0. The third-order valence-electron chi connectivity index (χ3n) is 1.82. The van der Waals surface area contributed by atoms with Crippen LogP contribution in [0.4, 0.5) is 0 Å². The molecule has 92 valence electrons. The van der Waals surface area contributed by atoms with Gasteiger partial charge in [-0.1, -0.05) is 13.5 Å². The summed E-state index contributed by atoms with van der Waals surface area (Å²) in [4.78, 5) is 10.8. The highest BCUT2D eigenvalue weighted by Gasteiger charge is 1.98. The van der Waals surface area contributed by atoms with Gasteiger partial charge in [-0.05, 0) is 25.8 Å². The van der Waals surface area contributed by atoms with Crippen molar-refractivity contribution in [1.29, 1.82) is 0 Å². The standard InChI is InChI=1S/C12H20O4/c1-4-12(13)16-10-8-6-7-9-15-11(3)14-5-2/h5H,2-4,6-10H2,1H3. The van der Waals surface area contributed by atoms with E-state index in [4.69, 9.17) is 14.2 Å². The van der Waals surface area contributed by atoms with Crippen LogP contribution < -0.4 is 0 Å². The minimum Gasteiger partial charge on any atom is -0.466 e. The second-order valence-electron chi connectivity index (χ2n) is 3.14. The second-order valence-corrected chi connectivity index (χ2v) is 3.14. The van der Waals surface area contributed by atoms with Gasteiger partial charge in [-0.3, -0.25) is 4.79 Å². The van der Waals surface area contributed by atoms with Crippen LogP contribution in [-0.2, 0) is 19.0 Å². The molecule has 0 aliphatic rings. The third-order valence-corrected chi connectivity index (χ3v) is 1.82. The van der Waals surface area contributed by atoms with Gasteiger partial charge in [-0.15, -0.1) is 0 Å². The van der Waals surface area contributed by atoms with Crippen LogP contribution >= 0.6 is 0 Å². The molecule has 16 heavy (non-hydrogen) atoms. The highest BCUT2D eigenvalue weighted by atomic mass is 16.7. The van der Waals surface area contributed by atoms with E-state index in [1.165, 1.54) is 6.26 Å². The van der Waals surface area contributed by atoms with Gasteiger partial charge in [-0.25, -0.2) is 0 Å². The highest BCUT2D eigenvalue weighted by molar-refractivity contribution is 5.68. The molecule has 0 aliphatic heterocycles. The molecule has 0 aromatic heterocycles. The van der Waals surface area contributed by atoms with Crippen LogP contribution in [0.25, 0.3) is 0 Å². The topological polar surface area (TPSA) is 44.8 Å². The van der Waals surface area contributed by atoms with Crippen molar-refractivity contribution < 1.29 is 19.0 Å². The lowest BCUT2D eigenvalue weighted by Gasteiger charge is -2.07. The Bertz CT molecular complexity index is 223. The van der Waals surface area contributed by atoms with Crippen molar-refractivity contribution in [1.82, 2.24) is 0 Å². The van der Waals surface area contributed by atoms with Crippen LogP contribution in [0, 0.1) is 0 Å². The summed E-state index contributed by atoms with van der Waals surface area (Å²) < 4.78 is 14.9. The Morgan fingerprint density at radius 2 is 1.81 bits per heavy atom. The molecule has 0 heterocycles. The minimum atomic E-state index is -0.149. The van der Waals surface area contributed by atoms with Crippen molar-refractivity contribution in [2.45, 2.75) is 32.6 Å². The molecular formula is C12H20O4. The molecule has 0 saturated carbocycles. The molecule has 0 atom stereocenters. The summed E-state index contributed by atoms with van der Waals surface area (Å²) in [5.74, 6) is 0.108. The predicted octanol–water partition coefficient (Wildman–Crippen LogP) is 2.76. The number of esters is 1. The fourth-order valence-electron chi connectivity index (χ4n) is 0.982. The van der Waals surface area contributed by atoms with Gasteiger partial charge in [0, 0.05) is 6.42 Å². The quantitative estimate of drug-likeness (QED) is 0.327. The number of hydrogen-bond donors (Lipinski definition) is 0. The normalized spacial score (nSPS) is 9.31. The van der Waals surface area contributed by atoms with E-state index in [2.05, 4.69) is 13.2 Å². The first kappa shape index (κ1) is 14.6. The van der Waals surface area contributed by atoms with Crippen LogP contribution in [0.1, 0.15) is 32.6 Å². The van der Waals surface area contributed by atoms with Crippen LogP contribution in [0.15, 0.2) is 25.4 Å². The maximum Gasteiger partial charge on any atom is 0.305 e. The van der Waals surface area contributed by atoms with E-state index in [-0.39, 0.29) is 11.9 Å². The average Bonchev–Trinajstić information content (AvgIpc) is 2.27. The molecule has 0 aromatic carbocycles. The Balaban J connectivity index is 3.18. The second kappa shape index (κ2) is 10.1. The molecule has 0 saturated heterocycles. The Labute approximate surface area is 96.9 Å². The fourth-order valence-corrected chi connectivity index (χ4v) is 0.982. The van der Waals surface area contributed by atoms with Gasteiger partial charge in [0.25, 0.3) is 5.95 Å². The number of carbonyl (C=O) groups excluding carboxylic acids is 1. The monoisotopic (exact) mass is 228 g/mol. The summed E-state index contributed by atoms with van der Waals surface area (Å²) in [6, 6.07) is 0. The molecule has 0 spiro atoms. The van der Waals surface area contributed by atoms with Crippen molar-refractivity contribution in [2.75, 3.05) is 13.2 Å². The first-order valence-corrected chi connectivity index (χ1v) is 5.45. The van der Waals surface area contributed by atoms with E-state index in [1.54, 1.807) is 6.92 Å². The number of ether oxygens (including phenoxy) is 3. The Kier molecular flexibility index (Phi) is 9.17. The van der Waals surface area contributed by atoms with Crippen molar-refractivity contribution in [3.05, 3.63) is 25.4 Å². The van der Waals surface area contributed by atoms with Crippen LogP contribution in [0.3, 0.4) is 0 Å². The lowest BCUT2D eigenvalue weighted by Crippen LogP contribution is -2.04. The van der Waals surface area contributed by atoms with Gasteiger partial charge < -0.3 is 14.2 Å². The molecule has 4 nitrogen and oxygen atoms in total. The molecule has 0 radical (unpaired) electrons. The zero-order valence-corrected chi connectivity index (χ0v) is 9.87. The van der Waals surface area contributed by atoms with Gasteiger partial charge in [0.15, 0.2) is 0 Å². The maximum absolute atomic E-state index is 10.8. The van der Waals surface area contributed by atoms with Gasteiger partial charge in [0.05, 0.1) is 19.5 Å². The molecule has 0 aliphatic carbocycles. The SMILES string of the molecule is C=COC(=C)OCCCCCOC(=O)CC. The minimum absolute atomic E-state index is 0.149. The van der Waals surface area contributed by atoms with Gasteiger partial charge in [0.1, 0.15) is 0 Å². The van der Waals surface area contributed by atoms with Crippen LogP contribution in [0.2, 0.25) is 0 Å². The van der Waals surface area contributed by atoms with E-state index in [0.717, 1.165) is 19.3 Å². The lowest BCUT2D eigenvalue weighted by atomic mass is 10.2. The first-order valence-electron chi connectivity index (χ1n) is 5.45. The summed E-state index contributed by atoms with van der Waals surface area (Å²) in [5, 5.41) is 0. The highest BCUT2D eigenvalue weighted by Crippen LogP contribution is 2.02. The molecule has 0 aromatic rings. The number of rotatable bonds is 10. The Morgan fingerprint density at radius 3 is 2.38 bits per heavy atom. The summed E-state index contributed by atoms with van der Waals surface area (Å²) in [6.07, 6.45) is 4.37. The smallest absolute Gasteiger partial charge is 0.305 e. The van der Waals surface area contributed by atoms with E-state index >= 15 is 0 Å². The predicted molar refractivity (Wildman–Crippen MR) is 61.5 cm³/mol. The van der Waals surface area contributed by atoms with Crippen LogP contribution in [-0.4, -0.2) is 19.2 Å². The van der Waals surface area contributed by atoms with Crippen molar-refractivity contribution in [3.63, 3.8) is 0 Å². The lowest BCUT2D eigenvalue weighted by molar-refractivity contribution is -0.143. The summed E-state index contributed by atoms with van der Waals surface area (Å²) in [5.41, 5.74) is 0. The first-order chi connectivity index (χ1) is 7.70. The van der Waals surface area contributed by atoms with E-state index in [9.17, 15) is 4.79 Å². The average molecular weight is 228 g/mol. The fraction of sp³-hybridized carbons (Fsp3) is 0.583. The Hall–Kier alpha value is -1.45. The van der Waals surface area contributed by atoms with Crippen molar-refractivity contribution >= 4 is 5.97 Å². The van der Waals surface area contributed by atoms with Crippen molar-refractivity contribution in [3.8, 4) is 0 Å². The summed E-state index contributed by atoms with van der Waals surface area (Å²) in [6.45, 7) is 9.72. The van der Waals surface area contributed by atoms with Crippen molar-refractivity contribution in [2.24, 2.45) is 0 Å². The number of carbonyl (C=O) groups is 1. The number of unbranched alkanes of at least 4 members (excludes halogenated alkanes) is 2. The number of hydrogen-bond acceptors (Lipinski definition) is 4. The van der Waals surface area contributed by atoms with Crippen LogP contribution in [0.5, 0.6) is 0 Å². The van der Waals surface area contributed by atoms with Gasteiger partial charge >= 0.3 is 5.97 Å². The molecule has 0 N–H and O–H groups in total. The van der Waals surface area contributed by atoms with E-state index in [0.29, 0.717) is 19.6 Å². The molecule has 0 fully saturated rings. The summed E-state index contributed by atoms with van der Waals surface area (Å²) in [7, 11) is 0. The molecule has 4 heteroatoms. The molecule has 0 unspecified atom stereocenters. The van der Waals surface area contributed by atoms with Gasteiger partial charge in [0.2, 0.25) is 0 Å². The third kappa shape index (κ3) is 9.12. The molecule has 0 bridgehead atoms. The zero-order valence-electron chi connectivity index (χ0n) is 9.87.